The molecule has 2 heterocycles. The van der Waals surface area contributed by atoms with Gasteiger partial charge in [0.1, 0.15) is 5.75 Å². The number of hydrogen-bond acceptors (Lipinski definition) is 1. The second-order valence-electron chi connectivity index (χ2n) is 7.67. The van der Waals surface area contributed by atoms with E-state index in [1.807, 2.05) is 0 Å². The molecule has 0 N–H and O–H groups in total. The Morgan fingerprint density at radius 1 is 0.931 bits per heavy atom. The zero-order chi connectivity index (χ0) is 19.8. The fourth-order valence-corrected chi connectivity index (χ4v) is 4.58. The summed E-state index contributed by atoms with van der Waals surface area (Å²) in [6.45, 7) is 3.16. The van der Waals surface area contributed by atoms with Gasteiger partial charge in [-0.15, -0.1) is 0 Å². The van der Waals surface area contributed by atoms with Gasteiger partial charge >= 0.3 is 0 Å². The van der Waals surface area contributed by atoms with Gasteiger partial charge in [0, 0.05) is 23.0 Å². The third kappa shape index (κ3) is 2.96. The van der Waals surface area contributed by atoms with Gasteiger partial charge in [0.25, 0.3) is 0 Å². The highest BCUT2D eigenvalue weighted by Gasteiger charge is 2.25. The fourth-order valence-electron chi connectivity index (χ4n) is 4.58. The quantitative estimate of drug-likeness (QED) is 0.336. The molecule has 0 saturated heterocycles. The van der Waals surface area contributed by atoms with Crippen LogP contribution in [0.15, 0.2) is 78.9 Å². The molecule has 0 radical (unpaired) electrons. The van der Waals surface area contributed by atoms with E-state index in [9.17, 15) is 0 Å². The average molecular weight is 380 g/mol. The minimum absolute atomic E-state index is 0.902. The average Bonchev–Trinajstić information content (AvgIpc) is 3.14. The highest BCUT2D eigenvalue weighted by atomic mass is 16.5. The topological polar surface area (TPSA) is 14.2 Å². The molecule has 1 aromatic heterocycles. The lowest BCUT2D eigenvalue weighted by atomic mass is 9.86. The van der Waals surface area contributed by atoms with Gasteiger partial charge in [-0.1, -0.05) is 67.9 Å². The van der Waals surface area contributed by atoms with Crippen LogP contribution in [0.5, 0.6) is 5.75 Å². The van der Waals surface area contributed by atoms with E-state index in [1.165, 1.54) is 44.4 Å². The van der Waals surface area contributed by atoms with Crippen LogP contribution in [0.2, 0.25) is 0 Å². The first-order chi connectivity index (χ1) is 14.3. The molecule has 5 rings (SSSR count). The lowest BCUT2D eigenvalue weighted by Gasteiger charge is -2.26. The van der Waals surface area contributed by atoms with Crippen molar-refractivity contribution in [2.75, 3.05) is 7.11 Å². The molecule has 1 aliphatic heterocycles. The predicted octanol–water partition coefficient (Wildman–Crippen LogP) is 6.77. The molecule has 29 heavy (non-hydrogen) atoms. The maximum atomic E-state index is 5.48. The molecular formula is C27H25NO. The zero-order valence-electron chi connectivity index (χ0n) is 17.0. The standard InChI is InChI=1S/C27H25NO/c1-3-9-23(19-10-5-4-6-11-19)27-24-13-8-7-12-20(24)18-28-25-15-14-22(29-2)16-21(25)17-26(27)28/h4-8,10-17H,3,9,18H2,1-2H3/b27-23-. The van der Waals surface area contributed by atoms with E-state index in [4.69, 9.17) is 4.74 Å². The van der Waals surface area contributed by atoms with Gasteiger partial charge in [0.05, 0.1) is 12.8 Å². The Morgan fingerprint density at radius 3 is 2.52 bits per heavy atom. The number of hydrogen-bond donors (Lipinski definition) is 0. The summed E-state index contributed by atoms with van der Waals surface area (Å²) in [6.07, 6.45) is 2.17. The highest BCUT2D eigenvalue weighted by molar-refractivity contribution is 6.02. The van der Waals surface area contributed by atoms with Crippen LogP contribution in [-0.2, 0) is 6.54 Å². The first-order valence-electron chi connectivity index (χ1n) is 10.3. The largest absolute Gasteiger partial charge is 0.497 e. The fraction of sp³-hybridized carbons (Fsp3) is 0.185. The molecule has 0 atom stereocenters. The van der Waals surface area contributed by atoms with E-state index in [2.05, 4.69) is 90.4 Å². The third-order valence-electron chi connectivity index (χ3n) is 5.90. The molecule has 2 heteroatoms. The van der Waals surface area contributed by atoms with Crippen molar-refractivity contribution in [3.63, 3.8) is 0 Å². The van der Waals surface area contributed by atoms with Crippen molar-refractivity contribution >= 4 is 22.0 Å². The Hall–Kier alpha value is -3.26. The lowest BCUT2D eigenvalue weighted by molar-refractivity contribution is 0.415. The number of nitrogens with zero attached hydrogens (tertiary/aromatic N) is 1. The molecule has 0 bridgehead atoms. The van der Waals surface area contributed by atoms with Crippen molar-refractivity contribution in [3.8, 4) is 5.75 Å². The third-order valence-corrected chi connectivity index (χ3v) is 5.90. The van der Waals surface area contributed by atoms with E-state index < -0.39 is 0 Å². The SMILES string of the molecule is CCC/C(=C1\c2ccccc2Cn2c1cc1cc(OC)ccc12)c1ccccc1. The molecular weight excluding hydrogens is 354 g/mol. The number of allylic oxidation sites excluding steroid dienone is 1. The number of methoxy groups -OCH3 is 1. The van der Waals surface area contributed by atoms with Crippen LogP contribution < -0.4 is 4.74 Å². The normalized spacial score (nSPS) is 14.4. The number of ether oxygens (including phenoxy) is 1. The van der Waals surface area contributed by atoms with Crippen LogP contribution in [0.1, 0.15) is 42.1 Å². The van der Waals surface area contributed by atoms with Crippen molar-refractivity contribution in [1.29, 1.82) is 0 Å². The Labute approximate surface area is 172 Å². The lowest BCUT2D eigenvalue weighted by Crippen LogP contribution is -2.14. The van der Waals surface area contributed by atoms with E-state index in [0.717, 1.165) is 25.1 Å². The molecule has 0 fully saturated rings. The zero-order valence-corrected chi connectivity index (χ0v) is 17.0. The maximum Gasteiger partial charge on any atom is 0.119 e. The second-order valence-corrected chi connectivity index (χ2v) is 7.67. The van der Waals surface area contributed by atoms with Gasteiger partial charge in [0.2, 0.25) is 0 Å². The van der Waals surface area contributed by atoms with Gasteiger partial charge in [0.15, 0.2) is 0 Å². The van der Waals surface area contributed by atoms with Crippen LogP contribution in [0.25, 0.3) is 22.0 Å². The predicted molar refractivity (Wildman–Crippen MR) is 121 cm³/mol. The monoisotopic (exact) mass is 379 g/mol. The number of fused-ring (bicyclic) bond motifs is 4. The van der Waals surface area contributed by atoms with Crippen LogP contribution in [-0.4, -0.2) is 11.7 Å². The number of aromatic nitrogens is 1. The summed E-state index contributed by atoms with van der Waals surface area (Å²) in [5.41, 5.74) is 9.42. The Bertz CT molecular complexity index is 1210. The molecule has 0 unspecified atom stereocenters. The summed E-state index contributed by atoms with van der Waals surface area (Å²) in [5.74, 6) is 0.903. The molecule has 0 saturated carbocycles. The molecule has 144 valence electrons. The van der Waals surface area contributed by atoms with Crippen LogP contribution in [0.3, 0.4) is 0 Å². The Balaban J connectivity index is 1.85. The molecule has 0 aliphatic carbocycles. The van der Waals surface area contributed by atoms with Crippen molar-refractivity contribution in [1.82, 2.24) is 4.57 Å². The minimum Gasteiger partial charge on any atom is -0.497 e. The van der Waals surface area contributed by atoms with Crippen LogP contribution >= 0.6 is 0 Å². The van der Waals surface area contributed by atoms with Crippen molar-refractivity contribution in [3.05, 3.63) is 101 Å². The molecule has 0 amide bonds. The van der Waals surface area contributed by atoms with Gasteiger partial charge in [-0.2, -0.15) is 0 Å². The van der Waals surface area contributed by atoms with E-state index in [-0.39, 0.29) is 0 Å². The minimum atomic E-state index is 0.902. The first kappa shape index (κ1) is 17.8. The Morgan fingerprint density at radius 2 is 1.72 bits per heavy atom. The number of rotatable bonds is 4. The summed E-state index contributed by atoms with van der Waals surface area (Å²) >= 11 is 0. The summed E-state index contributed by atoms with van der Waals surface area (Å²) in [7, 11) is 1.73. The van der Waals surface area contributed by atoms with Crippen molar-refractivity contribution < 1.29 is 4.74 Å². The van der Waals surface area contributed by atoms with E-state index >= 15 is 0 Å². The van der Waals surface area contributed by atoms with Gasteiger partial charge in [-0.05, 0) is 52.9 Å². The van der Waals surface area contributed by atoms with Gasteiger partial charge < -0.3 is 9.30 Å². The molecule has 1 aliphatic rings. The van der Waals surface area contributed by atoms with Crippen molar-refractivity contribution in [2.24, 2.45) is 0 Å². The van der Waals surface area contributed by atoms with E-state index in [1.54, 1.807) is 7.11 Å². The Kier molecular flexibility index (Phi) is 4.48. The smallest absolute Gasteiger partial charge is 0.119 e. The molecule has 0 spiro atoms. The molecule has 2 nitrogen and oxygen atoms in total. The van der Waals surface area contributed by atoms with E-state index in [0.29, 0.717) is 0 Å². The second kappa shape index (κ2) is 7.29. The number of benzene rings is 3. The highest BCUT2D eigenvalue weighted by Crippen LogP contribution is 2.42. The van der Waals surface area contributed by atoms with Crippen LogP contribution in [0, 0.1) is 0 Å². The van der Waals surface area contributed by atoms with Crippen LogP contribution in [0.4, 0.5) is 0 Å². The molecule has 4 aromatic rings. The summed E-state index contributed by atoms with van der Waals surface area (Å²) in [6, 6.07) is 28.4. The first-order valence-corrected chi connectivity index (χ1v) is 10.3. The summed E-state index contributed by atoms with van der Waals surface area (Å²) < 4.78 is 7.94. The van der Waals surface area contributed by atoms with Gasteiger partial charge in [-0.25, -0.2) is 0 Å². The molecule has 3 aromatic carbocycles. The van der Waals surface area contributed by atoms with Crippen molar-refractivity contribution in [2.45, 2.75) is 26.3 Å². The summed E-state index contributed by atoms with van der Waals surface area (Å²) in [4.78, 5) is 0. The van der Waals surface area contributed by atoms with Gasteiger partial charge in [-0.3, -0.25) is 0 Å². The maximum absolute atomic E-state index is 5.48. The summed E-state index contributed by atoms with van der Waals surface area (Å²) in [5, 5.41) is 1.23.